The van der Waals surface area contributed by atoms with Crippen LogP contribution in [0.4, 0.5) is 0 Å². The molecule has 1 saturated heterocycles. The van der Waals surface area contributed by atoms with Crippen LogP contribution >= 0.6 is 0 Å². The van der Waals surface area contributed by atoms with Gasteiger partial charge in [-0.05, 0) is 37.5 Å². The minimum Gasteiger partial charge on any atom is -0.493 e. The van der Waals surface area contributed by atoms with Gasteiger partial charge in [-0.2, -0.15) is 0 Å². The Morgan fingerprint density at radius 3 is 2.52 bits per heavy atom. The standard InChI is InChI=1S/C25H28N4O4/c1-2-33-22-11-7-6-10-21(22)29-24(31)20(23(30)27-25(29)32)16-26-19-12-14-28(15-13-19)17-18-8-4-3-5-9-18/h3-11,16,19,31H,2,12-15,17H2,1H3,(H,27,30,32). The number of para-hydroxylation sites is 2. The molecule has 1 aliphatic heterocycles. The number of aliphatic imine (C=N–C) groups is 1. The predicted molar refractivity (Wildman–Crippen MR) is 128 cm³/mol. The SMILES string of the molecule is CCOc1ccccc1-n1c(O)c(C=NC2CCN(Cc3ccccc3)CC2)c(=O)[nH]c1=O. The van der Waals surface area contributed by atoms with E-state index in [2.05, 4.69) is 27.0 Å². The van der Waals surface area contributed by atoms with Crippen LogP contribution in [-0.4, -0.2) is 51.5 Å². The molecule has 0 spiro atoms. The number of benzene rings is 2. The molecule has 8 heteroatoms. The lowest BCUT2D eigenvalue weighted by molar-refractivity contribution is 0.206. The van der Waals surface area contributed by atoms with E-state index in [1.54, 1.807) is 24.3 Å². The summed E-state index contributed by atoms with van der Waals surface area (Å²) >= 11 is 0. The molecule has 2 aromatic carbocycles. The number of likely N-dealkylation sites (tertiary alicyclic amines) is 1. The van der Waals surface area contributed by atoms with Gasteiger partial charge in [-0.3, -0.25) is 19.7 Å². The molecule has 3 aromatic rings. The van der Waals surface area contributed by atoms with Gasteiger partial charge in [0.05, 0.1) is 18.3 Å². The average molecular weight is 449 g/mol. The molecule has 172 valence electrons. The molecule has 0 bridgehead atoms. The summed E-state index contributed by atoms with van der Waals surface area (Å²) in [5, 5.41) is 10.8. The van der Waals surface area contributed by atoms with Gasteiger partial charge in [-0.25, -0.2) is 9.36 Å². The molecule has 2 heterocycles. The van der Waals surface area contributed by atoms with Gasteiger partial charge >= 0.3 is 5.69 Å². The van der Waals surface area contributed by atoms with Crippen LogP contribution in [0.15, 0.2) is 69.2 Å². The van der Waals surface area contributed by atoms with Crippen molar-refractivity contribution in [1.29, 1.82) is 0 Å². The number of hydrogen-bond donors (Lipinski definition) is 2. The summed E-state index contributed by atoms with van der Waals surface area (Å²) in [5.41, 5.74) is 0.170. The first-order chi connectivity index (χ1) is 16.1. The third-order valence-corrected chi connectivity index (χ3v) is 5.75. The van der Waals surface area contributed by atoms with E-state index < -0.39 is 17.1 Å². The zero-order chi connectivity index (χ0) is 23.2. The first-order valence-corrected chi connectivity index (χ1v) is 11.2. The molecule has 33 heavy (non-hydrogen) atoms. The van der Waals surface area contributed by atoms with E-state index >= 15 is 0 Å². The van der Waals surface area contributed by atoms with Gasteiger partial charge in [-0.1, -0.05) is 42.5 Å². The van der Waals surface area contributed by atoms with Crippen LogP contribution in [0.25, 0.3) is 5.69 Å². The monoisotopic (exact) mass is 448 g/mol. The van der Waals surface area contributed by atoms with Crippen molar-refractivity contribution in [1.82, 2.24) is 14.5 Å². The summed E-state index contributed by atoms with van der Waals surface area (Å²) in [5.74, 6) is -0.0284. The molecule has 8 nitrogen and oxygen atoms in total. The number of piperidine rings is 1. The third kappa shape index (κ3) is 5.23. The van der Waals surface area contributed by atoms with E-state index in [0.717, 1.165) is 37.0 Å². The Bertz CT molecular complexity index is 1230. The molecule has 0 unspecified atom stereocenters. The van der Waals surface area contributed by atoms with Gasteiger partial charge in [0, 0.05) is 25.8 Å². The highest BCUT2D eigenvalue weighted by atomic mass is 16.5. The predicted octanol–water partition coefficient (Wildman–Crippen LogP) is 2.71. The van der Waals surface area contributed by atoms with Crippen molar-refractivity contribution >= 4 is 6.21 Å². The Balaban J connectivity index is 1.52. The van der Waals surface area contributed by atoms with Gasteiger partial charge in [-0.15, -0.1) is 0 Å². The fourth-order valence-electron chi connectivity index (χ4n) is 4.05. The Labute approximate surface area is 191 Å². The van der Waals surface area contributed by atoms with Crippen LogP contribution in [0.2, 0.25) is 0 Å². The fourth-order valence-corrected chi connectivity index (χ4v) is 4.05. The Hall–Kier alpha value is -3.65. The van der Waals surface area contributed by atoms with E-state index in [4.69, 9.17) is 4.74 Å². The largest absolute Gasteiger partial charge is 0.493 e. The molecule has 0 aliphatic carbocycles. The lowest BCUT2D eigenvalue weighted by Gasteiger charge is -2.30. The number of H-pyrrole nitrogens is 1. The van der Waals surface area contributed by atoms with Crippen molar-refractivity contribution in [3.8, 4) is 17.3 Å². The van der Waals surface area contributed by atoms with E-state index in [0.29, 0.717) is 18.0 Å². The highest BCUT2D eigenvalue weighted by molar-refractivity contribution is 5.82. The Morgan fingerprint density at radius 1 is 1.09 bits per heavy atom. The minimum absolute atomic E-state index is 0.0481. The van der Waals surface area contributed by atoms with Crippen molar-refractivity contribution in [2.45, 2.75) is 32.4 Å². The van der Waals surface area contributed by atoms with Gasteiger partial charge in [0.15, 0.2) is 0 Å². The van der Waals surface area contributed by atoms with Crippen LogP contribution < -0.4 is 16.0 Å². The molecule has 1 aliphatic rings. The van der Waals surface area contributed by atoms with Crippen LogP contribution in [0.1, 0.15) is 30.9 Å². The highest BCUT2D eigenvalue weighted by Crippen LogP contribution is 2.25. The van der Waals surface area contributed by atoms with Crippen molar-refractivity contribution in [2.24, 2.45) is 4.99 Å². The van der Waals surface area contributed by atoms with Gasteiger partial charge < -0.3 is 9.84 Å². The highest BCUT2D eigenvalue weighted by Gasteiger charge is 2.20. The van der Waals surface area contributed by atoms with E-state index in [1.165, 1.54) is 11.8 Å². The number of nitrogens with zero attached hydrogens (tertiary/aromatic N) is 3. The second-order valence-electron chi connectivity index (χ2n) is 8.00. The third-order valence-electron chi connectivity index (χ3n) is 5.75. The van der Waals surface area contributed by atoms with Gasteiger partial charge in [0.2, 0.25) is 5.88 Å². The first-order valence-electron chi connectivity index (χ1n) is 11.2. The maximum atomic E-state index is 12.5. The van der Waals surface area contributed by atoms with E-state index in [9.17, 15) is 14.7 Å². The number of ether oxygens (including phenoxy) is 1. The zero-order valence-electron chi connectivity index (χ0n) is 18.6. The normalized spacial score (nSPS) is 15.2. The van der Waals surface area contributed by atoms with Crippen molar-refractivity contribution in [3.05, 3.63) is 86.6 Å². The maximum Gasteiger partial charge on any atom is 0.335 e. The smallest absolute Gasteiger partial charge is 0.335 e. The maximum absolute atomic E-state index is 12.5. The topological polar surface area (TPSA) is 99.9 Å². The number of hydrogen-bond acceptors (Lipinski definition) is 6. The van der Waals surface area contributed by atoms with Crippen molar-refractivity contribution in [2.75, 3.05) is 19.7 Å². The molecule has 0 saturated carbocycles. The molecule has 2 N–H and O–H groups in total. The van der Waals surface area contributed by atoms with Crippen molar-refractivity contribution < 1.29 is 9.84 Å². The molecule has 1 aromatic heterocycles. The molecule has 1 fully saturated rings. The second-order valence-corrected chi connectivity index (χ2v) is 8.00. The summed E-state index contributed by atoms with van der Waals surface area (Å²) in [6, 6.07) is 17.2. The number of aromatic nitrogens is 2. The average Bonchev–Trinajstić information content (AvgIpc) is 2.82. The summed E-state index contributed by atoms with van der Waals surface area (Å²) in [6.45, 7) is 4.94. The Morgan fingerprint density at radius 2 is 1.79 bits per heavy atom. The quantitative estimate of drug-likeness (QED) is 0.542. The molecule has 4 rings (SSSR count). The van der Waals surface area contributed by atoms with Crippen LogP contribution in [0.5, 0.6) is 11.6 Å². The number of rotatable bonds is 7. The molecule has 0 radical (unpaired) electrons. The van der Waals surface area contributed by atoms with Crippen LogP contribution in [0.3, 0.4) is 0 Å². The molecule has 0 atom stereocenters. The molecular weight excluding hydrogens is 420 g/mol. The lowest BCUT2D eigenvalue weighted by atomic mass is 10.0. The molecule has 0 amide bonds. The minimum atomic E-state index is -0.740. The summed E-state index contributed by atoms with van der Waals surface area (Å²) < 4.78 is 6.62. The Kier molecular flexibility index (Phi) is 7.04. The number of aromatic amines is 1. The zero-order valence-corrected chi connectivity index (χ0v) is 18.6. The van der Waals surface area contributed by atoms with Crippen LogP contribution in [0, 0.1) is 0 Å². The number of aromatic hydroxyl groups is 1. The second kappa shape index (κ2) is 10.3. The first kappa shape index (κ1) is 22.5. The summed E-state index contributed by atoms with van der Waals surface area (Å²) in [7, 11) is 0. The lowest BCUT2D eigenvalue weighted by Crippen LogP contribution is -2.35. The van der Waals surface area contributed by atoms with Crippen LogP contribution in [-0.2, 0) is 6.54 Å². The number of nitrogens with one attached hydrogen (secondary N) is 1. The summed E-state index contributed by atoms with van der Waals surface area (Å²) in [4.78, 5) is 34.1. The van der Waals surface area contributed by atoms with Crippen molar-refractivity contribution in [3.63, 3.8) is 0 Å². The fraction of sp³-hybridized carbons (Fsp3) is 0.320. The summed E-state index contributed by atoms with van der Waals surface area (Å²) in [6.07, 6.45) is 3.09. The van der Waals surface area contributed by atoms with E-state index in [1.807, 2.05) is 25.1 Å². The van der Waals surface area contributed by atoms with Gasteiger partial charge in [0.25, 0.3) is 5.56 Å². The van der Waals surface area contributed by atoms with Gasteiger partial charge in [0.1, 0.15) is 11.3 Å². The van der Waals surface area contributed by atoms with E-state index in [-0.39, 0.29) is 11.6 Å². The molecular formula is C25H28N4O4.